The maximum atomic E-state index is 11.7. The third kappa shape index (κ3) is 4.56. The predicted molar refractivity (Wildman–Crippen MR) is 77.3 cm³/mol. The van der Waals surface area contributed by atoms with Crippen LogP contribution in [-0.4, -0.2) is 18.4 Å². The Balaban J connectivity index is 2.57. The Morgan fingerprint density at radius 1 is 1.26 bits per heavy atom. The van der Waals surface area contributed by atoms with E-state index in [4.69, 9.17) is 11.6 Å². The van der Waals surface area contributed by atoms with Crippen LogP contribution in [0.2, 0.25) is 5.02 Å². The van der Waals surface area contributed by atoms with E-state index in [2.05, 4.69) is 10.6 Å². The van der Waals surface area contributed by atoms with Crippen LogP contribution < -0.4 is 10.6 Å². The third-order valence-electron chi connectivity index (χ3n) is 2.63. The summed E-state index contributed by atoms with van der Waals surface area (Å²) in [4.78, 5) is 23.4. The van der Waals surface area contributed by atoms with Gasteiger partial charge in [-0.25, -0.2) is 0 Å². The lowest BCUT2D eigenvalue weighted by Gasteiger charge is -2.17. The molecule has 0 saturated heterocycles. The lowest BCUT2D eigenvalue weighted by atomic mass is 9.96. The maximum Gasteiger partial charge on any atom is 0.243 e. The fourth-order valence-electron chi connectivity index (χ4n) is 1.36. The van der Waals surface area contributed by atoms with Crippen LogP contribution in [0.3, 0.4) is 0 Å². The first-order chi connectivity index (χ1) is 8.71. The van der Waals surface area contributed by atoms with Crippen molar-refractivity contribution in [3.05, 3.63) is 28.8 Å². The van der Waals surface area contributed by atoms with E-state index in [1.165, 1.54) is 0 Å². The van der Waals surface area contributed by atoms with E-state index in [9.17, 15) is 9.59 Å². The van der Waals surface area contributed by atoms with Gasteiger partial charge in [0.2, 0.25) is 11.8 Å². The Hall–Kier alpha value is -1.55. The number of carbonyl (C=O) groups excluding carboxylic acids is 2. The summed E-state index contributed by atoms with van der Waals surface area (Å²) in [7, 11) is 0. The van der Waals surface area contributed by atoms with Crippen molar-refractivity contribution >= 4 is 29.1 Å². The fraction of sp³-hybridized carbons (Fsp3) is 0.429. The molecule has 0 aromatic heterocycles. The molecule has 1 rings (SSSR count). The van der Waals surface area contributed by atoms with Gasteiger partial charge in [-0.05, 0) is 24.6 Å². The van der Waals surface area contributed by atoms with Gasteiger partial charge in [0.1, 0.15) is 0 Å². The van der Waals surface area contributed by atoms with E-state index in [0.717, 1.165) is 5.56 Å². The van der Waals surface area contributed by atoms with E-state index in [-0.39, 0.29) is 18.4 Å². The van der Waals surface area contributed by atoms with E-state index >= 15 is 0 Å². The summed E-state index contributed by atoms with van der Waals surface area (Å²) in [5.74, 6) is -0.437. The van der Waals surface area contributed by atoms with E-state index in [0.29, 0.717) is 10.7 Å². The van der Waals surface area contributed by atoms with Gasteiger partial charge in [0.25, 0.3) is 0 Å². The van der Waals surface area contributed by atoms with Crippen LogP contribution in [0.25, 0.3) is 0 Å². The lowest BCUT2D eigenvalue weighted by molar-refractivity contribution is -0.130. The molecule has 0 bridgehead atoms. The van der Waals surface area contributed by atoms with Gasteiger partial charge < -0.3 is 10.6 Å². The van der Waals surface area contributed by atoms with Crippen molar-refractivity contribution in [3.8, 4) is 0 Å². The lowest BCUT2D eigenvalue weighted by Crippen LogP contribution is -2.39. The molecule has 5 heteroatoms. The van der Waals surface area contributed by atoms with E-state index in [1.807, 2.05) is 6.92 Å². The highest BCUT2D eigenvalue weighted by Crippen LogP contribution is 2.22. The minimum absolute atomic E-state index is 0.0535. The number of nitrogens with one attached hydrogen (secondary N) is 2. The highest BCUT2D eigenvalue weighted by molar-refractivity contribution is 6.31. The molecule has 1 aromatic carbocycles. The van der Waals surface area contributed by atoms with Crippen molar-refractivity contribution in [1.82, 2.24) is 5.32 Å². The van der Waals surface area contributed by atoms with Crippen molar-refractivity contribution < 1.29 is 9.59 Å². The third-order valence-corrected chi connectivity index (χ3v) is 3.04. The summed E-state index contributed by atoms with van der Waals surface area (Å²) in [6.07, 6.45) is 0. The van der Waals surface area contributed by atoms with Crippen molar-refractivity contribution in [1.29, 1.82) is 0 Å². The van der Waals surface area contributed by atoms with Crippen LogP contribution in [0.15, 0.2) is 18.2 Å². The molecule has 0 unspecified atom stereocenters. The number of carbonyl (C=O) groups is 2. The van der Waals surface area contributed by atoms with Gasteiger partial charge in [0.15, 0.2) is 0 Å². The van der Waals surface area contributed by atoms with Gasteiger partial charge in [-0.3, -0.25) is 9.59 Å². The second kappa shape index (κ2) is 6.06. The standard InChI is InChI=1S/C14H19ClN2O2/c1-9-10(15)6-5-7-11(9)17-12(18)8-16-13(19)14(2,3)4/h5-7H,8H2,1-4H3,(H,16,19)(H,17,18). The molecule has 0 heterocycles. The summed E-state index contributed by atoms with van der Waals surface area (Å²) >= 11 is 5.96. The smallest absolute Gasteiger partial charge is 0.243 e. The van der Waals surface area contributed by atoms with Crippen LogP contribution in [-0.2, 0) is 9.59 Å². The fourth-order valence-corrected chi connectivity index (χ4v) is 1.54. The minimum atomic E-state index is -0.508. The van der Waals surface area contributed by atoms with Gasteiger partial charge in [-0.1, -0.05) is 38.4 Å². The van der Waals surface area contributed by atoms with Gasteiger partial charge in [-0.2, -0.15) is 0 Å². The SMILES string of the molecule is Cc1c(Cl)cccc1NC(=O)CNC(=O)C(C)(C)C. The normalized spacial score (nSPS) is 11.0. The van der Waals surface area contributed by atoms with Gasteiger partial charge in [0.05, 0.1) is 6.54 Å². The Morgan fingerprint density at radius 2 is 1.89 bits per heavy atom. The van der Waals surface area contributed by atoms with Crippen LogP contribution in [0.1, 0.15) is 26.3 Å². The number of anilines is 1. The highest BCUT2D eigenvalue weighted by Gasteiger charge is 2.21. The Morgan fingerprint density at radius 3 is 2.47 bits per heavy atom. The zero-order valence-corrected chi connectivity index (χ0v) is 12.4. The molecule has 0 aliphatic carbocycles. The highest BCUT2D eigenvalue weighted by atomic mass is 35.5. The molecule has 0 saturated carbocycles. The molecule has 0 aliphatic heterocycles. The second-order valence-electron chi connectivity index (χ2n) is 5.39. The first-order valence-electron chi connectivity index (χ1n) is 6.05. The van der Waals surface area contributed by atoms with Crippen LogP contribution in [0.5, 0.6) is 0 Å². The number of hydrogen-bond acceptors (Lipinski definition) is 2. The molecule has 4 nitrogen and oxygen atoms in total. The molecule has 0 atom stereocenters. The molecule has 0 spiro atoms. The molecule has 0 fully saturated rings. The molecule has 1 aromatic rings. The number of hydrogen-bond donors (Lipinski definition) is 2. The van der Waals surface area contributed by atoms with Crippen LogP contribution in [0, 0.1) is 12.3 Å². The van der Waals surface area contributed by atoms with Crippen molar-refractivity contribution in [2.24, 2.45) is 5.41 Å². The van der Waals surface area contributed by atoms with Crippen LogP contribution in [0.4, 0.5) is 5.69 Å². The number of amides is 2. The second-order valence-corrected chi connectivity index (χ2v) is 5.80. The zero-order chi connectivity index (χ0) is 14.6. The average Bonchev–Trinajstić information content (AvgIpc) is 2.30. The van der Waals surface area contributed by atoms with Crippen molar-refractivity contribution in [3.63, 3.8) is 0 Å². The largest absolute Gasteiger partial charge is 0.347 e. The topological polar surface area (TPSA) is 58.2 Å². The molecular formula is C14H19ClN2O2. The van der Waals surface area contributed by atoms with Gasteiger partial charge in [-0.15, -0.1) is 0 Å². The molecule has 0 aliphatic rings. The molecule has 0 radical (unpaired) electrons. The summed E-state index contributed by atoms with van der Waals surface area (Å²) in [5.41, 5.74) is 0.953. The van der Waals surface area contributed by atoms with Gasteiger partial charge in [0, 0.05) is 16.1 Å². The first-order valence-corrected chi connectivity index (χ1v) is 6.43. The summed E-state index contributed by atoms with van der Waals surface area (Å²) < 4.78 is 0. The Bertz CT molecular complexity index is 493. The minimum Gasteiger partial charge on any atom is -0.347 e. The van der Waals surface area contributed by atoms with E-state index in [1.54, 1.807) is 39.0 Å². The summed E-state index contributed by atoms with van der Waals surface area (Å²) in [5, 5.41) is 5.91. The summed E-state index contributed by atoms with van der Waals surface area (Å²) in [6, 6.07) is 5.29. The average molecular weight is 283 g/mol. The molecule has 104 valence electrons. The zero-order valence-electron chi connectivity index (χ0n) is 11.6. The van der Waals surface area contributed by atoms with Crippen LogP contribution >= 0.6 is 11.6 Å². The quantitative estimate of drug-likeness (QED) is 0.896. The molecule has 19 heavy (non-hydrogen) atoms. The maximum absolute atomic E-state index is 11.7. The Labute approximate surface area is 118 Å². The van der Waals surface area contributed by atoms with Gasteiger partial charge >= 0.3 is 0 Å². The molecule has 2 amide bonds. The van der Waals surface area contributed by atoms with Crippen molar-refractivity contribution in [2.75, 3.05) is 11.9 Å². The first kappa shape index (κ1) is 15.5. The summed E-state index contributed by atoms with van der Waals surface area (Å²) in [6.45, 7) is 7.15. The van der Waals surface area contributed by atoms with Crippen molar-refractivity contribution in [2.45, 2.75) is 27.7 Å². The predicted octanol–water partition coefficient (Wildman–Crippen LogP) is 2.75. The number of rotatable bonds is 3. The number of halogens is 1. The molecular weight excluding hydrogens is 264 g/mol. The van der Waals surface area contributed by atoms with E-state index < -0.39 is 5.41 Å². The Kier molecular flexibility index (Phi) is 4.95. The monoisotopic (exact) mass is 282 g/mol. The molecule has 2 N–H and O–H groups in total. The number of benzene rings is 1.